The molecule has 3 nitrogen and oxygen atoms in total. The summed E-state index contributed by atoms with van der Waals surface area (Å²) < 4.78 is 2.29. The van der Waals surface area contributed by atoms with Crippen LogP contribution in [0.5, 0.6) is 0 Å². The normalized spacial score (nSPS) is 11.2. The van der Waals surface area contributed by atoms with Crippen molar-refractivity contribution >= 4 is 11.0 Å². The molecule has 2 rings (SSSR count). The number of rotatable bonds is 7. The van der Waals surface area contributed by atoms with Gasteiger partial charge in [0.15, 0.2) is 0 Å². The molecule has 0 spiro atoms. The summed E-state index contributed by atoms with van der Waals surface area (Å²) in [5.41, 5.74) is 2.34. The van der Waals surface area contributed by atoms with E-state index in [-0.39, 0.29) is 0 Å². The van der Waals surface area contributed by atoms with E-state index in [1.54, 1.807) is 0 Å². The molecule has 18 heavy (non-hydrogen) atoms. The van der Waals surface area contributed by atoms with Crippen molar-refractivity contribution in [3.8, 4) is 0 Å². The van der Waals surface area contributed by atoms with Crippen molar-refractivity contribution in [1.29, 1.82) is 0 Å². The number of hydrogen-bond acceptors (Lipinski definition) is 2. The second kappa shape index (κ2) is 6.55. The number of imidazole rings is 1. The van der Waals surface area contributed by atoms with Crippen molar-refractivity contribution in [3.63, 3.8) is 0 Å². The Labute approximate surface area is 109 Å². The first kappa shape index (κ1) is 13.1. The van der Waals surface area contributed by atoms with Gasteiger partial charge < -0.3 is 9.88 Å². The number of hydrogen-bond donors (Lipinski definition) is 1. The minimum absolute atomic E-state index is 0.867. The van der Waals surface area contributed by atoms with Gasteiger partial charge in [-0.15, -0.1) is 0 Å². The lowest BCUT2D eigenvalue weighted by Crippen LogP contribution is -2.18. The van der Waals surface area contributed by atoms with Crippen LogP contribution in [0.15, 0.2) is 24.3 Å². The van der Waals surface area contributed by atoms with Gasteiger partial charge in [-0.25, -0.2) is 4.98 Å². The summed E-state index contributed by atoms with van der Waals surface area (Å²) in [6, 6.07) is 8.36. The van der Waals surface area contributed by atoms with E-state index in [1.807, 2.05) is 6.07 Å². The van der Waals surface area contributed by atoms with Crippen LogP contribution in [-0.4, -0.2) is 16.1 Å². The Hall–Kier alpha value is -1.35. The number of nitrogens with zero attached hydrogens (tertiary/aromatic N) is 2. The molecule has 0 saturated heterocycles. The van der Waals surface area contributed by atoms with Gasteiger partial charge in [0, 0.05) is 6.54 Å². The SMILES string of the molecule is CCCCCNCc1nc2ccccc2n1CC. The molecule has 0 aliphatic heterocycles. The Morgan fingerprint density at radius 2 is 2.00 bits per heavy atom. The number of fused-ring (bicyclic) bond motifs is 1. The van der Waals surface area contributed by atoms with Gasteiger partial charge in [-0.05, 0) is 32.0 Å². The minimum atomic E-state index is 0.867. The van der Waals surface area contributed by atoms with Crippen molar-refractivity contribution in [3.05, 3.63) is 30.1 Å². The van der Waals surface area contributed by atoms with Gasteiger partial charge in [-0.3, -0.25) is 0 Å². The van der Waals surface area contributed by atoms with Gasteiger partial charge in [-0.1, -0.05) is 31.9 Å². The van der Waals surface area contributed by atoms with Crippen molar-refractivity contribution in [1.82, 2.24) is 14.9 Å². The largest absolute Gasteiger partial charge is 0.327 e. The number of benzene rings is 1. The van der Waals surface area contributed by atoms with E-state index in [2.05, 4.69) is 41.9 Å². The van der Waals surface area contributed by atoms with E-state index in [4.69, 9.17) is 4.98 Å². The molecule has 0 atom stereocenters. The van der Waals surface area contributed by atoms with Crippen molar-refractivity contribution in [2.75, 3.05) is 6.54 Å². The number of aromatic nitrogens is 2. The summed E-state index contributed by atoms with van der Waals surface area (Å²) in [5, 5.41) is 3.49. The van der Waals surface area contributed by atoms with Gasteiger partial charge in [0.2, 0.25) is 0 Å². The van der Waals surface area contributed by atoms with Crippen molar-refractivity contribution in [2.24, 2.45) is 0 Å². The van der Waals surface area contributed by atoms with E-state index in [0.717, 1.165) is 31.0 Å². The second-order valence-electron chi connectivity index (χ2n) is 4.64. The Bertz CT molecular complexity index is 487. The zero-order valence-electron chi connectivity index (χ0n) is 11.4. The van der Waals surface area contributed by atoms with Crippen LogP contribution in [0.2, 0.25) is 0 Å². The summed E-state index contributed by atoms with van der Waals surface area (Å²) in [6.07, 6.45) is 3.83. The molecule has 0 unspecified atom stereocenters. The first-order chi connectivity index (χ1) is 8.86. The highest BCUT2D eigenvalue weighted by molar-refractivity contribution is 5.75. The molecule has 98 valence electrons. The third-order valence-corrected chi connectivity index (χ3v) is 3.29. The average molecular weight is 245 g/mol. The van der Waals surface area contributed by atoms with Gasteiger partial charge in [-0.2, -0.15) is 0 Å². The number of aryl methyl sites for hydroxylation is 1. The molecule has 0 bridgehead atoms. The summed E-state index contributed by atoms with van der Waals surface area (Å²) in [4.78, 5) is 4.70. The molecule has 0 amide bonds. The van der Waals surface area contributed by atoms with Crippen molar-refractivity contribution in [2.45, 2.75) is 46.2 Å². The van der Waals surface area contributed by atoms with Gasteiger partial charge in [0.05, 0.1) is 17.6 Å². The highest BCUT2D eigenvalue weighted by Gasteiger charge is 2.07. The molecular formula is C15H23N3. The first-order valence-corrected chi connectivity index (χ1v) is 7.01. The molecule has 1 aromatic carbocycles. The fourth-order valence-corrected chi connectivity index (χ4v) is 2.31. The lowest BCUT2D eigenvalue weighted by atomic mass is 10.2. The lowest BCUT2D eigenvalue weighted by Gasteiger charge is -2.07. The number of unbranched alkanes of at least 4 members (excludes halogenated alkanes) is 2. The summed E-state index contributed by atoms with van der Waals surface area (Å²) >= 11 is 0. The molecule has 0 radical (unpaired) electrons. The maximum absolute atomic E-state index is 4.70. The number of nitrogens with one attached hydrogen (secondary N) is 1. The quantitative estimate of drug-likeness (QED) is 0.758. The van der Waals surface area contributed by atoms with Crippen LogP contribution >= 0.6 is 0 Å². The highest BCUT2D eigenvalue weighted by Crippen LogP contribution is 2.15. The van der Waals surface area contributed by atoms with Crippen LogP contribution in [0.4, 0.5) is 0 Å². The standard InChI is InChI=1S/C15H23N3/c1-3-5-8-11-16-12-15-17-13-9-6-7-10-14(13)18(15)4-2/h6-7,9-10,16H,3-5,8,11-12H2,1-2H3. The third kappa shape index (κ3) is 2.91. The summed E-state index contributed by atoms with van der Waals surface area (Å²) in [7, 11) is 0. The third-order valence-electron chi connectivity index (χ3n) is 3.29. The maximum atomic E-state index is 4.70. The van der Waals surface area contributed by atoms with Crippen LogP contribution < -0.4 is 5.32 Å². The predicted molar refractivity (Wildman–Crippen MR) is 76.6 cm³/mol. The Kier molecular flexibility index (Phi) is 4.76. The number of para-hydroxylation sites is 2. The van der Waals surface area contributed by atoms with Crippen LogP contribution in [-0.2, 0) is 13.1 Å². The lowest BCUT2D eigenvalue weighted by molar-refractivity contribution is 0.584. The van der Waals surface area contributed by atoms with Crippen LogP contribution in [0.3, 0.4) is 0 Å². The Balaban J connectivity index is 2.03. The van der Waals surface area contributed by atoms with E-state index < -0.39 is 0 Å². The molecule has 0 saturated carbocycles. The maximum Gasteiger partial charge on any atom is 0.123 e. The Morgan fingerprint density at radius 1 is 1.17 bits per heavy atom. The predicted octanol–water partition coefficient (Wildman–Crippen LogP) is 3.34. The topological polar surface area (TPSA) is 29.9 Å². The highest BCUT2D eigenvalue weighted by atomic mass is 15.1. The van der Waals surface area contributed by atoms with Gasteiger partial charge in [0.1, 0.15) is 5.82 Å². The molecule has 1 N–H and O–H groups in total. The molecule has 1 heterocycles. The van der Waals surface area contributed by atoms with E-state index in [1.165, 1.54) is 24.8 Å². The monoisotopic (exact) mass is 245 g/mol. The second-order valence-corrected chi connectivity index (χ2v) is 4.64. The molecule has 1 aromatic heterocycles. The molecule has 2 aromatic rings. The van der Waals surface area contributed by atoms with Crippen molar-refractivity contribution < 1.29 is 0 Å². The summed E-state index contributed by atoms with van der Waals surface area (Å²) in [5.74, 6) is 1.15. The van der Waals surface area contributed by atoms with Gasteiger partial charge in [0.25, 0.3) is 0 Å². The minimum Gasteiger partial charge on any atom is -0.327 e. The molecule has 3 heteroatoms. The van der Waals surface area contributed by atoms with Gasteiger partial charge >= 0.3 is 0 Å². The first-order valence-electron chi connectivity index (χ1n) is 7.01. The molecule has 0 aliphatic rings. The summed E-state index contributed by atoms with van der Waals surface area (Å²) in [6.45, 7) is 7.34. The van der Waals surface area contributed by atoms with E-state index >= 15 is 0 Å². The van der Waals surface area contributed by atoms with E-state index in [0.29, 0.717) is 0 Å². The molecule has 0 fully saturated rings. The molecule has 0 aliphatic carbocycles. The smallest absolute Gasteiger partial charge is 0.123 e. The fourth-order valence-electron chi connectivity index (χ4n) is 2.31. The molecular weight excluding hydrogens is 222 g/mol. The Morgan fingerprint density at radius 3 is 2.78 bits per heavy atom. The van der Waals surface area contributed by atoms with Crippen LogP contribution in [0.25, 0.3) is 11.0 Å². The zero-order valence-corrected chi connectivity index (χ0v) is 11.4. The average Bonchev–Trinajstić information content (AvgIpc) is 2.76. The van der Waals surface area contributed by atoms with Crippen LogP contribution in [0, 0.1) is 0 Å². The van der Waals surface area contributed by atoms with Crippen LogP contribution in [0.1, 0.15) is 38.9 Å². The zero-order chi connectivity index (χ0) is 12.8. The fraction of sp³-hybridized carbons (Fsp3) is 0.533. The van der Waals surface area contributed by atoms with E-state index in [9.17, 15) is 0 Å².